The average Bonchev–Trinajstić information content (AvgIpc) is 2.76. The normalized spacial score (nSPS) is 24.6. The summed E-state index contributed by atoms with van der Waals surface area (Å²) < 4.78 is 6.80. The summed E-state index contributed by atoms with van der Waals surface area (Å²) in [4.78, 5) is 1.22. The van der Waals surface area contributed by atoms with Crippen molar-refractivity contribution in [1.82, 2.24) is 5.32 Å². The molecule has 1 fully saturated rings. The number of halogens is 1. The van der Waals surface area contributed by atoms with Gasteiger partial charge in [0.05, 0.1) is 10.9 Å². The second-order valence-electron chi connectivity index (χ2n) is 4.31. The Balaban J connectivity index is 1.99. The number of nitrogens with one attached hydrogen (secondary N) is 1. The molecule has 0 radical (unpaired) electrons. The molecule has 0 aromatic carbocycles. The molecular formula is C12H18ClNOS. The van der Waals surface area contributed by atoms with E-state index in [-0.39, 0.29) is 11.6 Å². The van der Waals surface area contributed by atoms with E-state index in [0.29, 0.717) is 0 Å². The monoisotopic (exact) mass is 259 g/mol. The van der Waals surface area contributed by atoms with Crippen LogP contribution in [0.4, 0.5) is 0 Å². The highest BCUT2D eigenvalue weighted by Crippen LogP contribution is 2.32. The summed E-state index contributed by atoms with van der Waals surface area (Å²) in [6.45, 7) is 6.10. The minimum Gasteiger partial charge on any atom is -0.369 e. The van der Waals surface area contributed by atoms with Gasteiger partial charge in [0.2, 0.25) is 0 Å². The Bertz CT molecular complexity index is 339. The SMILES string of the molecule is CCC1(CC)COC(c2ccc(Cl)s2)CN1. The molecule has 1 aromatic rings. The van der Waals surface area contributed by atoms with Crippen LogP contribution in [0.5, 0.6) is 0 Å². The number of thiophene rings is 1. The van der Waals surface area contributed by atoms with Crippen molar-refractivity contribution >= 4 is 22.9 Å². The number of morpholine rings is 1. The number of hydrogen-bond donors (Lipinski definition) is 1. The first-order valence-corrected chi connectivity index (χ1v) is 7.00. The lowest BCUT2D eigenvalue weighted by Gasteiger charge is -2.40. The van der Waals surface area contributed by atoms with Crippen LogP contribution in [0, 0.1) is 0 Å². The van der Waals surface area contributed by atoms with Gasteiger partial charge >= 0.3 is 0 Å². The van der Waals surface area contributed by atoms with Gasteiger partial charge in [0.1, 0.15) is 6.10 Å². The molecule has 2 heterocycles. The second-order valence-corrected chi connectivity index (χ2v) is 6.06. The first-order chi connectivity index (χ1) is 7.69. The zero-order valence-electron chi connectivity index (χ0n) is 9.75. The molecule has 0 spiro atoms. The van der Waals surface area contributed by atoms with Crippen LogP contribution in [0.15, 0.2) is 12.1 Å². The van der Waals surface area contributed by atoms with Gasteiger partial charge in [0.25, 0.3) is 0 Å². The summed E-state index contributed by atoms with van der Waals surface area (Å²) in [5.41, 5.74) is 0.178. The zero-order valence-corrected chi connectivity index (χ0v) is 11.3. The van der Waals surface area contributed by atoms with E-state index in [0.717, 1.165) is 30.3 Å². The van der Waals surface area contributed by atoms with E-state index in [1.165, 1.54) is 4.88 Å². The van der Waals surface area contributed by atoms with E-state index in [1.807, 2.05) is 6.07 Å². The number of hydrogen-bond acceptors (Lipinski definition) is 3. The molecule has 0 amide bonds. The van der Waals surface area contributed by atoms with Gasteiger partial charge in [-0.15, -0.1) is 11.3 Å². The van der Waals surface area contributed by atoms with Crippen LogP contribution in [-0.2, 0) is 4.74 Å². The van der Waals surface area contributed by atoms with Gasteiger partial charge in [-0.25, -0.2) is 0 Å². The van der Waals surface area contributed by atoms with Gasteiger partial charge in [-0.1, -0.05) is 25.4 Å². The Morgan fingerprint density at radius 3 is 2.69 bits per heavy atom. The molecule has 1 atom stereocenters. The molecule has 2 nitrogen and oxygen atoms in total. The highest BCUT2D eigenvalue weighted by atomic mass is 35.5. The van der Waals surface area contributed by atoms with E-state index >= 15 is 0 Å². The van der Waals surface area contributed by atoms with E-state index in [4.69, 9.17) is 16.3 Å². The maximum Gasteiger partial charge on any atom is 0.104 e. The van der Waals surface area contributed by atoms with Crippen molar-refractivity contribution in [3.8, 4) is 0 Å². The molecule has 0 bridgehead atoms. The van der Waals surface area contributed by atoms with Crippen LogP contribution in [-0.4, -0.2) is 18.7 Å². The van der Waals surface area contributed by atoms with Gasteiger partial charge in [0, 0.05) is 17.0 Å². The van der Waals surface area contributed by atoms with Crippen LogP contribution in [0.3, 0.4) is 0 Å². The van der Waals surface area contributed by atoms with Crippen molar-refractivity contribution in [2.45, 2.75) is 38.3 Å². The Kier molecular flexibility index (Phi) is 3.90. The largest absolute Gasteiger partial charge is 0.369 e. The molecule has 1 unspecified atom stereocenters. The van der Waals surface area contributed by atoms with E-state index in [9.17, 15) is 0 Å². The second kappa shape index (κ2) is 5.05. The summed E-state index contributed by atoms with van der Waals surface area (Å²) in [6.07, 6.45) is 2.40. The summed E-state index contributed by atoms with van der Waals surface area (Å²) in [6, 6.07) is 4.00. The average molecular weight is 260 g/mol. The first kappa shape index (κ1) is 12.4. The van der Waals surface area contributed by atoms with Crippen molar-refractivity contribution in [3.05, 3.63) is 21.3 Å². The highest BCUT2D eigenvalue weighted by Gasteiger charge is 2.33. The Labute approximate surface area is 106 Å². The van der Waals surface area contributed by atoms with E-state index < -0.39 is 0 Å². The molecule has 1 aliphatic heterocycles. The minimum absolute atomic E-state index is 0.170. The highest BCUT2D eigenvalue weighted by molar-refractivity contribution is 7.16. The Morgan fingerprint density at radius 1 is 1.50 bits per heavy atom. The molecule has 0 aliphatic carbocycles. The molecule has 1 N–H and O–H groups in total. The standard InChI is InChI=1S/C12H18ClNOS/c1-3-12(4-2)8-15-9(7-14-12)10-5-6-11(13)16-10/h5-6,9,14H,3-4,7-8H2,1-2H3. The van der Waals surface area contributed by atoms with Crippen molar-refractivity contribution in [2.75, 3.05) is 13.2 Å². The summed E-state index contributed by atoms with van der Waals surface area (Å²) in [7, 11) is 0. The lowest BCUT2D eigenvalue weighted by atomic mass is 9.92. The quantitative estimate of drug-likeness (QED) is 0.895. The molecule has 4 heteroatoms. The topological polar surface area (TPSA) is 21.3 Å². The first-order valence-electron chi connectivity index (χ1n) is 5.81. The molecule has 1 aliphatic rings. The van der Waals surface area contributed by atoms with Gasteiger partial charge in [0.15, 0.2) is 0 Å². The summed E-state index contributed by atoms with van der Waals surface area (Å²) >= 11 is 7.54. The maximum absolute atomic E-state index is 5.96. The van der Waals surface area contributed by atoms with Gasteiger partial charge in [-0.05, 0) is 25.0 Å². The summed E-state index contributed by atoms with van der Waals surface area (Å²) in [5.74, 6) is 0. The van der Waals surface area contributed by atoms with Gasteiger partial charge < -0.3 is 10.1 Å². The third kappa shape index (κ3) is 2.43. The van der Waals surface area contributed by atoms with Crippen molar-refractivity contribution in [1.29, 1.82) is 0 Å². The predicted molar refractivity (Wildman–Crippen MR) is 69.3 cm³/mol. The molecule has 90 valence electrons. The van der Waals surface area contributed by atoms with Crippen molar-refractivity contribution < 1.29 is 4.74 Å². The predicted octanol–water partition coefficient (Wildman–Crippen LogP) is 3.62. The Hall–Kier alpha value is -0.0900. The van der Waals surface area contributed by atoms with Crippen LogP contribution in [0.25, 0.3) is 0 Å². The van der Waals surface area contributed by atoms with Gasteiger partial charge in [-0.2, -0.15) is 0 Å². The zero-order chi connectivity index (χ0) is 11.6. The van der Waals surface area contributed by atoms with Crippen LogP contribution >= 0.6 is 22.9 Å². The van der Waals surface area contributed by atoms with Crippen LogP contribution in [0.2, 0.25) is 4.34 Å². The lowest BCUT2D eigenvalue weighted by molar-refractivity contribution is -0.0358. The molecule has 1 aromatic heterocycles. The summed E-state index contributed by atoms with van der Waals surface area (Å²) in [5, 5.41) is 3.63. The molecule has 16 heavy (non-hydrogen) atoms. The van der Waals surface area contributed by atoms with Crippen LogP contribution in [0.1, 0.15) is 37.7 Å². The maximum atomic E-state index is 5.96. The van der Waals surface area contributed by atoms with Gasteiger partial charge in [-0.3, -0.25) is 0 Å². The minimum atomic E-state index is 0.170. The van der Waals surface area contributed by atoms with E-state index in [2.05, 4.69) is 25.2 Å². The fourth-order valence-corrected chi connectivity index (χ4v) is 3.18. The number of ether oxygens (including phenoxy) is 1. The lowest BCUT2D eigenvalue weighted by Crippen LogP contribution is -2.54. The molecule has 0 saturated carbocycles. The van der Waals surface area contributed by atoms with Crippen molar-refractivity contribution in [2.24, 2.45) is 0 Å². The van der Waals surface area contributed by atoms with E-state index in [1.54, 1.807) is 11.3 Å². The Morgan fingerprint density at radius 2 is 2.25 bits per heavy atom. The fraction of sp³-hybridized carbons (Fsp3) is 0.667. The third-order valence-corrected chi connectivity index (χ3v) is 4.81. The molecular weight excluding hydrogens is 242 g/mol. The third-order valence-electron chi connectivity index (χ3n) is 3.49. The molecule has 1 saturated heterocycles. The smallest absolute Gasteiger partial charge is 0.104 e. The number of rotatable bonds is 3. The molecule has 2 rings (SSSR count). The fourth-order valence-electron chi connectivity index (χ4n) is 2.07. The van der Waals surface area contributed by atoms with Crippen LogP contribution < -0.4 is 5.32 Å². The van der Waals surface area contributed by atoms with Crippen molar-refractivity contribution in [3.63, 3.8) is 0 Å².